The highest BCUT2D eigenvalue weighted by Crippen LogP contribution is 2.25. The van der Waals surface area contributed by atoms with E-state index < -0.39 is 0 Å². The maximum atomic E-state index is 5.84. The topological polar surface area (TPSA) is 37.8 Å². The monoisotopic (exact) mass is 311 g/mol. The summed E-state index contributed by atoms with van der Waals surface area (Å²) < 4.78 is 0.783. The quantitative estimate of drug-likeness (QED) is 0.868. The lowest BCUT2D eigenvalue weighted by Crippen LogP contribution is -2.06. The molecule has 0 fully saturated rings. The summed E-state index contributed by atoms with van der Waals surface area (Å²) in [6, 6.07) is 6.06. The Kier molecular flexibility index (Phi) is 3.97. The first kappa shape index (κ1) is 12.3. The van der Waals surface area contributed by atoms with E-state index in [1.807, 2.05) is 18.2 Å². The number of halogens is 2. The van der Waals surface area contributed by atoms with E-state index in [-0.39, 0.29) is 6.04 Å². The highest BCUT2D eigenvalue weighted by atomic mass is 79.9. The normalized spacial score (nSPS) is 12.2. The second kappa shape index (κ2) is 5.47. The van der Waals surface area contributed by atoms with Crippen LogP contribution < -0.4 is 5.32 Å². The Morgan fingerprint density at radius 1 is 1.35 bits per heavy atom. The molecule has 0 spiro atoms. The van der Waals surface area contributed by atoms with E-state index >= 15 is 0 Å². The summed E-state index contributed by atoms with van der Waals surface area (Å²) in [5, 5.41) is 3.81. The van der Waals surface area contributed by atoms with E-state index in [1.165, 1.54) is 5.56 Å². The fraction of sp³-hybridized carbons (Fsp3) is 0.167. The van der Waals surface area contributed by atoms with Crippen LogP contribution in [0.1, 0.15) is 18.5 Å². The molecule has 0 aliphatic heterocycles. The third-order valence-corrected chi connectivity index (χ3v) is 3.52. The fourth-order valence-corrected chi connectivity index (χ4v) is 1.94. The number of hydrogen-bond donors (Lipinski definition) is 1. The summed E-state index contributed by atoms with van der Waals surface area (Å²) in [4.78, 5) is 8.06. The lowest BCUT2D eigenvalue weighted by Gasteiger charge is -2.15. The Bertz CT molecular complexity index is 504. The number of nitrogens with zero attached hydrogens (tertiary/aromatic N) is 2. The highest BCUT2D eigenvalue weighted by molar-refractivity contribution is 9.10. The third-order valence-electron chi connectivity index (χ3n) is 2.39. The molecule has 2 aromatic heterocycles. The molecule has 2 rings (SSSR count). The van der Waals surface area contributed by atoms with Gasteiger partial charge in [-0.3, -0.25) is 4.98 Å². The van der Waals surface area contributed by atoms with Crippen molar-refractivity contribution >= 4 is 33.2 Å². The molecule has 0 saturated carbocycles. The second-order valence-electron chi connectivity index (χ2n) is 3.64. The van der Waals surface area contributed by atoms with Gasteiger partial charge in [0.2, 0.25) is 0 Å². The van der Waals surface area contributed by atoms with Gasteiger partial charge in [-0.05, 0) is 46.6 Å². The number of pyridine rings is 2. The molecule has 1 N–H and O–H groups in total. The summed E-state index contributed by atoms with van der Waals surface area (Å²) in [6.45, 7) is 2.08. The number of aromatic nitrogens is 2. The van der Waals surface area contributed by atoms with Gasteiger partial charge in [-0.2, -0.15) is 0 Å². The van der Waals surface area contributed by atoms with Crippen LogP contribution in [0.25, 0.3) is 0 Å². The van der Waals surface area contributed by atoms with Crippen LogP contribution in [0.5, 0.6) is 0 Å². The van der Waals surface area contributed by atoms with Gasteiger partial charge in [0.05, 0.1) is 16.4 Å². The number of hydrogen-bond acceptors (Lipinski definition) is 3. The molecule has 0 radical (unpaired) electrons. The van der Waals surface area contributed by atoms with Crippen molar-refractivity contribution in [3.8, 4) is 0 Å². The first-order valence-electron chi connectivity index (χ1n) is 5.14. The molecule has 2 aromatic rings. The van der Waals surface area contributed by atoms with Gasteiger partial charge >= 0.3 is 0 Å². The van der Waals surface area contributed by atoms with Gasteiger partial charge in [-0.15, -0.1) is 0 Å². The fourth-order valence-electron chi connectivity index (χ4n) is 1.49. The van der Waals surface area contributed by atoms with Gasteiger partial charge in [0.25, 0.3) is 0 Å². The number of anilines is 1. The molecule has 0 saturated heterocycles. The molecule has 0 bridgehead atoms. The van der Waals surface area contributed by atoms with Crippen LogP contribution in [0, 0.1) is 0 Å². The first-order chi connectivity index (χ1) is 8.16. The summed E-state index contributed by atoms with van der Waals surface area (Å²) in [7, 11) is 0. The summed E-state index contributed by atoms with van der Waals surface area (Å²) in [6.07, 6.45) is 5.28. The van der Waals surface area contributed by atoms with Crippen molar-refractivity contribution < 1.29 is 0 Å². The van der Waals surface area contributed by atoms with Crippen LogP contribution in [0.3, 0.4) is 0 Å². The van der Waals surface area contributed by atoms with Gasteiger partial charge in [0, 0.05) is 18.4 Å². The molecular weight excluding hydrogens is 302 g/mol. The van der Waals surface area contributed by atoms with Crippen molar-refractivity contribution in [3.05, 3.63) is 52.0 Å². The van der Waals surface area contributed by atoms with E-state index in [4.69, 9.17) is 11.6 Å². The summed E-state index contributed by atoms with van der Waals surface area (Å²) >= 11 is 9.19. The zero-order chi connectivity index (χ0) is 12.3. The van der Waals surface area contributed by atoms with E-state index in [0.29, 0.717) is 5.15 Å². The van der Waals surface area contributed by atoms with Gasteiger partial charge in [-0.1, -0.05) is 11.6 Å². The van der Waals surface area contributed by atoms with Crippen molar-refractivity contribution in [1.29, 1.82) is 0 Å². The molecule has 0 aliphatic carbocycles. The summed E-state index contributed by atoms with van der Waals surface area (Å²) in [5.41, 5.74) is 2.09. The van der Waals surface area contributed by atoms with Gasteiger partial charge in [0.15, 0.2) is 0 Å². The van der Waals surface area contributed by atoms with Crippen molar-refractivity contribution in [1.82, 2.24) is 9.97 Å². The average molecular weight is 313 g/mol. The number of nitrogens with one attached hydrogen (secondary N) is 1. The smallest absolute Gasteiger partial charge is 0.143 e. The maximum Gasteiger partial charge on any atom is 0.143 e. The minimum absolute atomic E-state index is 0.188. The Morgan fingerprint density at radius 2 is 2.06 bits per heavy atom. The van der Waals surface area contributed by atoms with Crippen LogP contribution >= 0.6 is 27.5 Å². The SMILES string of the molecule is CC(Nc1cnc(Cl)c(Br)c1)c1ccncc1. The molecule has 1 unspecified atom stereocenters. The van der Waals surface area contributed by atoms with Crippen molar-refractivity contribution in [2.45, 2.75) is 13.0 Å². The second-order valence-corrected chi connectivity index (χ2v) is 4.86. The zero-order valence-corrected chi connectivity index (χ0v) is 11.5. The van der Waals surface area contributed by atoms with E-state index in [2.05, 4.69) is 38.1 Å². The van der Waals surface area contributed by atoms with Crippen LogP contribution in [0.4, 0.5) is 5.69 Å². The van der Waals surface area contributed by atoms with Gasteiger partial charge in [-0.25, -0.2) is 4.98 Å². The largest absolute Gasteiger partial charge is 0.377 e. The Hall–Kier alpha value is -1.13. The van der Waals surface area contributed by atoms with E-state index in [0.717, 1.165) is 10.2 Å². The van der Waals surface area contributed by atoms with E-state index in [1.54, 1.807) is 18.6 Å². The molecule has 17 heavy (non-hydrogen) atoms. The standard InChI is InChI=1S/C12H11BrClN3/c1-8(9-2-4-15-5-3-9)17-10-6-11(13)12(14)16-7-10/h2-8,17H,1H3. The van der Waals surface area contributed by atoms with Gasteiger partial charge in [0.1, 0.15) is 5.15 Å². The van der Waals surface area contributed by atoms with E-state index in [9.17, 15) is 0 Å². The molecule has 1 atom stereocenters. The van der Waals surface area contributed by atoms with Crippen molar-refractivity contribution in [3.63, 3.8) is 0 Å². The first-order valence-corrected chi connectivity index (χ1v) is 6.31. The molecular formula is C12H11BrClN3. The lowest BCUT2D eigenvalue weighted by atomic mass is 10.1. The van der Waals surface area contributed by atoms with Crippen molar-refractivity contribution in [2.75, 3.05) is 5.32 Å². The zero-order valence-electron chi connectivity index (χ0n) is 9.19. The van der Waals surface area contributed by atoms with Crippen LogP contribution in [0.2, 0.25) is 5.15 Å². The predicted octanol–water partition coefficient (Wildman–Crippen LogP) is 4.07. The average Bonchev–Trinajstić information content (AvgIpc) is 2.35. The maximum absolute atomic E-state index is 5.84. The lowest BCUT2D eigenvalue weighted by molar-refractivity contribution is 0.878. The Labute approximate surface area is 113 Å². The molecule has 3 nitrogen and oxygen atoms in total. The minimum Gasteiger partial charge on any atom is -0.377 e. The molecule has 88 valence electrons. The molecule has 5 heteroatoms. The van der Waals surface area contributed by atoms with Crippen molar-refractivity contribution in [2.24, 2.45) is 0 Å². The molecule has 0 aliphatic rings. The minimum atomic E-state index is 0.188. The highest BCUT2D eigenvalue weighted by Gasteiger charge is 2.06. The van der Waals surface area contributed by atoms with Crippen LogP contribution in [-0.4, -0.2) is 9.97 Å². The third kappa shape index (κ3) is 3.17. The molecule has 0 aromatic carbocycles. The van der Waals surface area contributed by atoms with Gasteiger partial charge < -0.3 is 5.32 Å². The Balaban J connectivity index is 2.13. The molecule has 0 amide bonds. The Morgan fingerprint density at radius 3 is 2.71 bits per heavy atom. The summed E-state index contributed by atoms with van der Waals surface area (Å²) in [5.74, 6) is 0. The van der Waals surface area contributed by atoms with Crippen LogP contribution in [0.15, 0.2) is 41.3 Å². The molecule has 2 heterocycles. The van der Waals surface area contributed by atoms with Crippen LogP contribution in [-0.2, 0) is 0 Å². The predicted molar refractivity (Wildman–Crippen MR) is 73.2 cm³/mol. The number of rotatable bonds is 3.